The fourth-order valence-electron chi connectivity index (χ4n) is 6.74. The fourth-order valence-corrected chi connectivity index (χ4v) is 6.74. The SMILES string of the molecule is c1ccc2c(c1)-c1cccc3c(-c4ccc(-n5c6ccncc6c6ccc7ccccc7c65)cc4)ccc-2c13. The summed E-state index contributed by atoms with van der Waals surface area (Å²) >= 11 is 0. The summed E-state index contributed by atoms with van der Waals surface area (Å²) in [5.41, 5.74) is 11.4. The van der Waals surface area contributed by atoms with Crippen molar-refractivity contribution in [1.82, 2.24) is 9.55 Å². The quantitative estimate of drug-likeness (QED) is 0.234. The van der Waals surface area contributed by atoms with Gasteiger partial charge in [-0.3, -0.25) is 4.98 Å². The summed E-state index contributed by atoms with van der Waals surface area (Å²) in [7, 11) is 0. The molecule has 0 atom stereocenters. The van der Waals surface area contributed by atoms with E-state index in [0.717, 1.165) is 5.69 Å². The summed E-state index contributed by atoms with van der Waals surface area (Å²) in [6.07, 6.45) is 3.88. The molecular formula is C37H22N2. The Kier molecular flexibility index (Phi) is 4.08. The van der Waals surface area contributed by atoms with Gasteiger partial charge >= 0.3 is 0 Å². The van der Waals surface area contributed by atoms with Gasteiger partial charge in [0.15, 0.2) is 0 Å². The van der Waals surface area contributed by atoms with E-state index in [1.54, 1.807) is 0 Å². The average Bonchev–Trinajstić information content (AvgIpc) is 3.52. The van der Waals surface area contributed by atoms with E-state index in [1.807, 2.05) is 12.4 Å². The van der Waals surface area contributed by atoms with Crippen LogP contribution in [0, 0.1) is 0 Å². The van der Waals surface area contributed by atoms with E-state index in [0.29, 0.717) is 0 Å². The topological polar surface area (TPSA) is 17.8 Å². The van der Waals surface area contributed by atoms with E-state index in [1.165, 1.54) is 76.7 Å². The van der Waals surface area contributed by atoms with Gasteiger partial charge in [0.05, 0.1) is 11.0 Å². The molecule has 0 fully saturated rings. The first kappa shape index (κ1) is 20.8. The van der Waals surface area contributed by atoms with Crippen LogP contribution < -0.4 is 0 Å². The van der Waals surface area contributed by atoms with Crippen molar-refractivity contribution >= 4 is 43.4 Å². The first-order valence-corrected chi connectivity index (χ1v) is 13.4. The van der Waals surface area contributed by atoms with Gasteiger partial charge in [-0.05, 0) is 67.7 Å². The summed E-state index contributed by atoms with van der Waals surface area (Å²) in [5, 5.41) is 7.57. The van der Waals surface area contributed by atoms with Crippen LogP contribution in [0.3, 0.4) is 0 Å². The lowest BCUT2D eigenvalue weighted by Gasteiger charge is -2.13. The van der Waals surface area contributed by atoms with Gasteiger partial charge in [-0.15, -0.1) is 0 Å². The maximum absolute atomic E-state index is 4.45. The zero-order valence-electron chi connectivity index (χ0n) is 21.1. The molecule has 6 aromatic carbocycles. The summed E-state index contributed by atoms with van der Waals surface area (Å²) < 4.78 is 2.39. The van der Waals surface area contributed by atoms with Gasteiger partial charge < -0.3 is 4.57 Å². The molecule has 2 heterocycles. The first-order chi connectivity index (χ1) is 19.4. The summed E-state index contributed by atoms with van der Waals surface area (Å²) in [4.78, 5) is 4.45. The van der Waals surface area contributed by atoms with Crippen LogP contribution in [0.5, 0.6) is 0 Å². The van der Waals surface area contributed by atoms with Gasteiger partial charge in [0, 0.05) is 34.2 Å². The van der Waals surface area contributed by atoms with Crippen LogP contribution in [0.2, 0.25) is 0 Å². The van der Waals surface area contributed by atoms with Crippen LogP contribution in [-0.2, 0) is 0 Å². The minimum Gasteiger partial charge on any atom is -0.309 e. The molecule has 2 aromatic heterocycles. The van der Waals surface area contributed by atoms with Crippen LogP contribution in [0.4, 0.5) is 0 Å². The predicted octanol–water partition coefficient (Wildman–Crippen LogP) is 9.80. The minimum atomic E-state index is 1.15. The lowest BCUT2D eigenvalue weighted by atomic mass is 9.94. The largest absolute Gasteiger partial charge is 0.309 e. The molecule has 0 unspecified atom stereocenters. The van der Waals surface area contributed by atoms with Gasteiger partial charge in [0.2, 0.25) is 0 Å². The summed E-state index contributed by atoms with van der Waals surface area (Å²) in [6.45, 7) is 0. The number of pyridine rings is 1. The van der Waals surface area contributed by atoms with Crippen LogP contribution in [0.25, 0.3) is 82.4 Å². The Labute approximate surface area is 225 Å². The molecule has 0 N–H and O–H groups in total. The number of benzene rings is 6. The van der Waals surface area contributed by atoms with Crippen molar-refractivity contribution in [3.05, 3.63) is 134 Å². The zero-order chi connectivity index (χ0) is 25.5. The number of rotatable bonds is 2. The van der Waals surface area contributed by atoms with Gasteiger partial charge in [-0.1, -0.05) is 103 Å². The highest BCUT2D eigenvalue weighted by Gasteiger charge is 2.22. The van der Waals surface area contributed by atoms with E-state index in [4.69, 9.17) is 0 Å². The summed E-state index contributed by atoms with van der Waals surface area (Å²) in [5.74, 6) is 0. The lowest BCUT2D eigenvalue weighted by Crippen LogP contribution is -1.94. The molecular weight excluding hydrogens is 472 g/mol. The van der Waals surface area contributed by atoms with Crippen molar-refractivity contribution in [2.75, 3.05) is 0 Å². The van der Waals surface area contributed by atoms with Crippen LogP contribution in [-0.4, -0.2) is 9.55 Å². The van der Waals surface area contributed by atoms with Crippen molar-refractivity contribution in [1.29, 1.82) is 0 Å². The predicted molar refractivity (Wildman–Crippen MR) is 163 cm³/mol. The highest BCUT2D eigenvalue weighted by Crippen LogP contribution is 2.49. The zero-order valence-corrected chi connectivity index (χ0v) is 21.1. The molecule has 0 radical (unpaired) electrons. The van der Waals surface area contributed by atoms with Crippen LogP contribution in [0.1, 0.15) is 0 Å². The van der Waals surface area contributed by atoms with Crippen molar-refractivity contribution in [3.8, 4) is 39.1 Å². The number of hydrogen-bond acceptors (Lipinski definition) is 1. The van der Waals surface area contributed by atoms with Crippen LogP contribution in [0.15, 0.2) is 134 Å². The summed E-state index contributed by atoms with van der Waals surface area (Å²) in [6, 6.07) is 44.3. The van der Waals surface area contributed by atoms with E-state index in [2.05, 4.69) is 131 Å². The lowest BCUT2D eigenvalue weighted by molar-refractivity contribution is 1.18. The molecule has 180 valence electrons. The molecule has 0 saturated heterocycles. The van der Waals surface area contributed by atoms with Crippen LogP contribution >= 0.6 is 0 Å². The minimum absolute atomic E-state index is 1.15. The Morgan fingerprint density at radius 3 is 2.05 bits per heavy atom. The Bertz CT molecular complexity index is 2240. The molecule has 0 saturated carbocycles. The second-order valence-electron chi connectivity index (χ2n) is 10.4. The first-order valence-electron chi connectivity index (χ1n) is 13.4. The molecule has 0 bridgehead atoms. The molecule has 1 aliphatic rings. The fraction of sp³-hybridized carbons (Fsp3) is 0. The van der Waals surface area contributed by atoms with Gasteiger partial charge in [-0.2, -0.15) is 0 Å². The van der Waals surface area contributed by atoms with Gasteiger partial charge in [0.1, 0.15) is 0 Å². The smallest absolute Gasteiger partial charge is 0.0620 e. The molecule has 8 aromatic rings. The Balaban J connectivity index is 1.26. The molecule has 2 nitrogen and oxygen atoms in total. The Morgan fingerprint density at radius 1 is 0.462 bits per heavy atom. The van der Waals surface area contributed by atoms with E-state index in [-0.39, 0.29) is 0 Å². The second-order valence-corrected chi connectivity index (χ2v) is 10.4. The highest BCUT2D eigenvalue weighted by molar-refractivity contribution is 6.19. The number of nitrogens with zero attached hydrogens (tertiary/aromatic N) is 2. The second kappa shape index (κ2) is 7.66. The molecule has 1 aliphatic carbocycles. The average molecular weight is 495 g/mol. The number of hydrogen-bond donors (Lipinski definition) is 0. The third kappa shape index (κ3) is 2.78. The van der Waals surface area contributed by atoms with E-state index in [9.17, 15) is 0 Å². The van der Waals surface area contributed by atoms with Gasteiger partial charge in [0.25, 0.3) is 0 Å². The molecule has 2 heteroatoms. The Hall–Kier alpha value is -5.21. The third-order valence-corrected chi connectivity index (χ3v) is 8.44. The maximum Gasteiger partial charge on any atom is 0.0620 e. The van der Waals surface area contributed by atoms with E-state index < -0.39 is 0 Å². The number of fused-ring (bicyclic) bond motifs is 8. The Morgan fingerprint density at radius 2 is 1.18 bits per heavy atom. The maximum atomic E-state index is 4.45. The third-order valence-electron chi connectivity index (χ3n) is 8.44. The van der Waals surface area contributed by atoms with Crippen molar-refractivity contribution in [2.24, 2.45) is 0 Å². The van der Waals surface area contributed by atoms with Gasteiger partial charge in [-0.25, -0.2) is 0 Å². The molecule has 39 heavy (non-hydrogen) atoms. The van der Waals surface area contributed by atoms with Crippen molar-refractivity contribution in [3.63, 3.8) is 0 Å². The number of aromatic nitrogens is 2. The molecule has 0 amide bonds. The molecule has 0 spiro atoms. The standard InChI is InChI=1S/C37H22N2/c1-2-7-27-23(6-1)14-17-33-34-22-38-21-20-35(34)39(37(27)33)25-15-12-24(13-16-25)26-18-19-32-29-9-4-3-8-28(29)31-11-5-10-30(26)36(31)32/h1-22H. The molecule has 0 aliphatic heterocycles. The normalized spacial score (nSPS) is 12.1. The van der Waals surface area contributed by atoms with Crippen molar-refractivity contribution < 1.29 is 0 Å². The molecule has 9 rings (SSSR count). The van der Waals surface area contributed by atoms with Crippen molar-refractivity contribution in [2.45, 2.75) is 0 Å². The highest BCUT2D eigenvalue weighted by atomic mass is 15.0. The van der Waals surface area contributed by atoms with E-state index >= 15 is 0 Å². The monoisotopic (exact) mass is 494 g/mol.